The van der Waals surface area contributed by atoms with Gasteiger partial charge in [-0.25, -0.2) is 0 Å². The summed E-state index contributed by atoms with van der Waals surface area (Å²) in [4.78, 5) is 0. The van der Waals surface area contributed by atoms with Crippen LogP contribution in [0.3, 0.4) is 0 Å². The summed E-state index contributed by atoms with van der Waals surface area (Å²) in [7, 11) is 0. The zero-order valence-electron chi connectivity index (χ0n) is 19.0. The Morgan fingerprint density at radius 2 is 1.39 bits per heavy atom. The molecule has 0 saturated heterocycles. The second kappa shape index (κ2) is 12.0. The third-order valence-corrected chi connectivity index (χ3v) is 7.81. The SMILES string of the molecule is CCCCCCCCC1CCc2cc([C@H]3CC[C@H](CCCC)CC3)ccc2C1. The molecule has 0 spiro atoms. The second-order valence-corrected chi connectivity index (χ2v) is 10.1. The van der Waals surface area contributed by atoms with Crippen LogP contribution < -0.4 is 0 Å². The highest BCUT2D eigenvalue weighted by Gasteiger charge is 2.24. The first kappa shape index (κ1) is 21.9. The number of hydrogen-bond acceptors (Lipinski definition) is 0. The topological polar surface area (TPSA) is 0 Å². The van der Waals surface area contributed by atoms with E-state index in [0.29, 0.717) is 0 Å². The van der Waals surface area contributed by atoms with E-state index < -0.39 is 0 Å². The highest BCUT2D eigenvalue weighted by molar-refractivity contribution is 5.36. The van der Waals surface area contributed by atoms with Crippen LogP contribution in [0.4, 0.5) is 0 Å². The number of benzene rings is 1. The first-order chi connectivity index (χ1) is 13.8. The van der Waals surface area contributed by atoms with E-state index in [1.807, 2.05) is 0 Å². The smallest absolute Gasteiger partial charge is 0.0162 e. The Morgan fingerprint density at radius 1 is 0.679 bits per heavy atom. The van der Waals surface area contributed by atoms with Crippen LogP contribution in [0.5, 0.6) is 0 Å². The molecule has 1 fully saturated rings. The van der Waals surface area contributed by atoms with Gasteiger partial charge in [-0.3, -0.25) is 0 Å². The van der Waals surface area contributed by atoms with Gasteiger partial charge in [0.15, 0.2) is 0 Å². The van der Waals surface area contributed by atoms with Crippen LogP contribution in [0.1, 0.15) is 133 Å². The van der Waals surface area contributed by atoms with Crippen molar-refractivity contribution in [3.05, 3.63) is 34.9 Å². The molecular weight excluding hydrogens is 336 g/mol. The van der Waals surface area contributed by atoms with E-state index in [1.54, 1.807) is 16.7 Å². The maximum Gasteiger partial charge on any atom is -0.0162 e. The van der Waals surface area contributed by atoms with Crippen LogP contribution in [0.2, 0.25) is 0 Å². The van der Waals surface area contributed by atoms with Crippen molar-refractivity contribution in [1.29, 1.82) is 0 Å². The summed E-state index contributed by atoms with van der Waals surface area (Å²) in [5, 5.41) is 0. The number of hydrogen-bond donors (Lipinski definition) is 0. The molecule has 2 aliphatic carbocycles. The zero-order valence-corrected chi connectivity index (χ0v) is 19.0. The van der Waals surface area contributed by atoms with E-state index >= 15 is 0 Å². The summed E-state index contributed by atoms with van der Waals surface area (Å²) >= 11 is 0. The molecule has 1 aromatic carbocycles. The number of rotatable bonds is 11. The van der Waals surface area contributed by atoms with Gasteiger partial charge < -0.3 is 0 Å². The number of unbranched alkanes of at least 4 members (excludes halogenated alkanes) is 6. The highest BCUT2D eigenvalue weighted by Crippen LogP contribution is 2.39. The standard InChI is InChI=1S/C28H46/c1-3-5-7-8-9-10-12-24-15-18-28-22-27(20-19-26(28)21-24)25-16-13-23(14-17-25)11-6-4-2/h19-20,22-25H,3-18,21H2,1-2H3/t23-,24?,25-. The van der Waals surface area contributed by atoms with Crippen molar-refractivity contribution in [3.8, 4) is 0 Å². The van der Waals surface area contributed by atoms with Gasteiger partial charge in [0.05, 0.1) is 0 Å². The molecule has 3 rings (SSSR count). The molecule has 0 N–H and O–H groups in total. The van der Waals surface area contributed by atoms with Gasteiger partial charge in [0, 0.05) is 0 Å². The van der Waals surface area contributed by atoms with E-state index in [4.69, 9.17) is 0 Å². The van der Waals surface area contributed by atoms with Gasteiger partial charge in [-0.15, -0.1) is 0 Å². The predicted octanol–water partition coefficient (Wildman–Crippen LogP) is 9.01. The molecule has 2 aliphatic rings. The Bertz CT molecular complexity index is 549. The van der Waals surface area contributed by atoms with Crippen molar-refractivity contribution in [2.24, 2.45) is 11.8 Å². The van der Waals surface area contributed by atoms with E-state index in [2.05, 4.69) is 32.0 Å². The molecule has 0 aliphatic heterocycles. The van der Waals surface area contributed by atoms with Crippen molar-refractivity contribution >= 4 is 0 Å². The molecule has 0 amide bonds. The molecular formula is C28H46. The molecule has 1 unspecified atom stereocenters. The second-order valence-electron chi connectivity index (χ2n) is 10.1. The van der Waals surface area contributed by atoms with Gasteiger partial charge in [-0.2, -0.15) is 0 Å². The summed E-state index contributed by atoms with van der Waals surface area (Å²) in [6, 6.07) is 7.64. The molecule has 0 nitrogen and oxygen atoms in total. The van der Waals surface area contributed by atoms with Gasteiger partial charge in [0.2, 0.25) is 0 Å². The minimum Gasteiger partial charge on any atom is -0.0654 e. The van der Waals surface area contributed by atoms with Crippen LogP contribution in [0, 0.1) is 11.8 Å². The van der Waals surface area contributed by atoms with E-state index in [1.165, 1.54) is 109 Å². The third-order valence-electron chi connectivity index (χ3n) is 7.81. The summed E-state index contributed by atoms with van der Waals surface area (Å²) < 4.78 is 0. The molecule has 0 bridgehead atoms. The van der Waals surface area contributed by atoms with Gasteiger partial charge in [-0.05, 0) is 79.4 Å². The van der Waals surface area contributed by atoms with Crippen LogP contribution in [0.15, 0.2) is 18.2 Å². The van der Waals surface area contributed by atoms with Gasteiger partial charge in [0.1, 0.15) is 0 Å². The Morgan fingerprint density at radius 3 is 2.18 bits per heavy atom. The van der Waals surface area contributed by atoms with Crippen molar-refractivity contribution in [1.82, 2.24) is 0 Å². The van der Waals surface area contributed by atoms with Crippen molar-refractivity contribution in [3.63, 3.8) is 0 Å². The van der Waals surface area contributed by atoms with Crippen LogP contribution >= 0.6 is 0 Å². The largest absolute Gasteiger partial charge is 0.0654 e. The molecule has 0 radical (unpaired) electrons. The third kappa shape index (κ3) is 6.64. The predicted molar refractivity (Wildman–Crippen MR) is 124 cm³/mol. The first-order valence-electron chi connectivity index (χ1n) is 12.9. The van der Waals surface area contributed by atoms with E-state index in [0.717, 1.165) is 17.8 Å². The summed E-state index contributed by atoms with van der Waals surface area (Å²) in [5.41, 5.74) is 5.05. The number of aryl methyl sites for hydroxylation is 1. The Kier molecular flexibility index (Phi) is 9.42. The lowest BCUT2D eigenvalue weighted by molar-refractivity contribution is 0.304. The maximum atomic E-state index is 2.62. The van der Waals surface area contributed by atoms with Gasteiger partial charge in [0.25, 0.3) is 0 Å². The molecule has 0 heteroatoms. The Balaban J connectivity index is 1.43. The monoisotopic (exact) mass is 382 g/mol. The van der Waals surface area contributed by atoms with Crippen LogP contribution in [-0.4, -0.2) is 0 Å². The first-order valence-corrected chi connectivity index (χ1v) is 12.9. The molecule has 1 aromatic rings. The quantitative estimate of drug-likeness (QED) is 0.335. The Hall–Kier alpha value is -0.780. The fraction of sp³-hybridized carbons (Fsp3) is 0.786. The highest BCUT2D eigenvalue weighted by atomic mass is 14.3. The molecule has 0 heterocycles. The lowest BCUT2D eigenvalue weighted by Gasteiger charge is -2.30. The minimum atomic E-state index is 0.851. The average molecular weight is 383 g/mol. The summed E-state index contributed by atoms with van der Waals surface area (Å²) in [6.45, 7) is 4.64. The van der Waals surface area contributed by atoms with Crippen molar-refractivity contribution < 1.29 is 0 Å². The summed E-state index contributed by atoms with van der Waals surface area (Å²) in [5.74, 6) is 2.83. The maximum absolute atomic E-state index is 2.62. The average Bonchev–Trinajstić information content (AvgIpc) is 2.74. The molecule has 28 heavy (non-hydrogen) atoms. The zero-order chi connectivity index (χ0) is 19.6. The summed E-state index contributed by atoms with van der Waals surface area (Å²) in [6.07, 6.45) is 24.3. The van der Waals surface area contributed by atoms with E-state index in [-0.39, 0.29) is 0 Å². The number of fused-ring (bicyclic) bond motifs is 1. The molecule has 0 aromatic heterocycles. The van der Waals surface area contributed by atoms with Gasteiger partial charge >= 0.3 is 0 Å². The lowest BCUT2D eigenvalue weighted by Crippen LogP contribution is -2.16. The molecule has 158 valence electrons. The fourth-order valence-electron chi connectivity index (χ4n) is 5.84. The fourth-order valence-corrected chi connectivity index (χ4v) is 5.84. The van der Waals surface area contributed by atoms with Crippen LogP contribution in [0.25, 0.3) is 0 Å². The lowest BCUT2D eigenvalue weighted by atomic mass is 9.75. The van der Waals surface area contributed by atoms with Crippen molar-refractivity contribution in [2.45, 2.75) is 129 Å². The normalized spacial score (nSPS) is 24.9. The Labute approximate surface area is 175 Å². The molecule has 1 atom stereocenters. The molecule has 1 saturated carbocycles. The van der Waals surface area contributed by atoms with Crippen LogP contribution in [-0.2, 0) is 12.8 Å². The van der Waals surface area contributed by atoms with Crippen molar-refractivity contribution in [2.75, 3.05) is 0 Å². The van der Waals surface area contributed by atoms with E-state index in [9.17, 15) is 0 Å². The van der Waals surface area contributed by atoms with Gasteiger partial charge in [-0.1, -0.05) is 96.3 Å². The minimum absolute atomic E-state index is 0.851.